The number of hydrogen-bond acceptors (Lipinski definition) is 8. The lowest BCUT2D eigenvalue weighted by molar-refractivity contribution is 0.0999. The minimum Gasteiger partial charge on any atom is -0.474 e. The van der Waals surface area contributed by atoms with Gasteiger partial charge in [-0.05, 0) is 49.3 Å². The molecule has 1 amide bonds. The van der Waals surface area contributed by atoms with Crippen molar-refractivity contribution in [3.63, 3.8) is 0 Å². The summed E-state index contributed by atoms with van der Waals surface area (Å²) >= 11 is 0. The SMILES string of the molecule is Cc1c(-c2cc3cc(NC(=O)O[C@@H]4CCCC4C#N)ncc3c(N)c2F)cnc2c1NCCO2. The predicted molar refractivity (Wildman–Crippen MR) is 125 cm³/mol. The minimum atomic E-state index is -0.685. The molecule has 3 aromatic rings. The molecule has 9 nitrogen and oxygen atoms in total. The first-order valence-corrected chi connectivity index (χ1v) is 11.1. The van der Waals surface area contributed by atoms with Crippen LogP contribution in [0.5, 0.6) is 5.88 Å². The lowest BCUT2D eigenvalue weighted by Crippen LogP contribution is -2.25. The van der Waals surface area contributed by atoms with Crippen LogP contribution in [-0.2, 0) is 4.74 Å². The summed E-state index contributed by atoms with van der Waals surface area (Å²) in [5, 5.41) is 16.0. The summed E-state index contributed by atoms with van der Waals surface area (Å²) in [5.41, 5.74) is 8.46. The van der Waals surface area contributed by atoms with E-state index in [1.54, 1.807) is 18.3 Å². The van der Waals surface area contributed by atoms with Crippen LogP contribution in [0, 0.1) is 30.0 Å². The van der Waals surface area contributed by atoms with Gasteiger partial charge in [-0.1, -0.05) is 0 Å². The minimum absolute atomic E-state index is 0.0433. The monoisotopic (exact) mass is 462 g/mol. The quantitative estimate of drug-likeness (QED) is 0.488. The van der Waals surface area contributed by atoms with E-state index in [9.17, 15) is 10.1 Å². The lowest BCUT2D eigenvalue weighted by atomic mass is 9.97. The van der Waals surface area contributed by atoms with Gasteiger partial charge in [0.15, 0.2) is 5.82 Å². The van der Waals surface area contributed by atoms with E-state index in [4.69, 9.17) is 15.2 Å². The summed E-state index contributed by atoms with van der Waals surface area (Å²) < 4.78 is 26.3. The Bertz CT molecular complexity index is 1340. The van der Waals surface area contributed by atoms with Crippen molar-refractivity contribution < 1.29 is 18.7 Å². The summed E-state index contributed by atoms with van der Waals surface area (Å²) in [6.45, 7) is 3.01. The van der Waals surface area contributed by atoms with Crippen molar-refractivity contribution in [2.24, 2.45) is 5.92 Å². The number of nitrogens with two attached hydrogens (primary N) is 1. The van der Waals surface area contributed by atoms with E-state index in [2.05, 4.69) is 26.7 Å². The molecule has 1 unspecified atom stereocenters. The zero-order valence-corrected chi connectivity index (χ0v) is 18.5. The van der Waals surface area contributed by atoms with E-state index in [0.29, 0.717) is 41.8 Å². The molecule has 2 aromatic heterocycles. The number of rotatable bonds is 3. The van der Waals surface area contributed by atoms with Crippen LogP contribution in [0.3, 0.4) is 0 Å². The molecule has 1 saturated carbocycles. The summed E-state index contributed by atoms with van der Waals surface area (Å²) in [7, 11) is 0. The highest BCUT2D eigenvalue weighted by atomic mass is 19.1. The summed E-state index contributed by atoms with van der Waals surface area (Å²) in [6.07, 6.45) is 4.08. The first-order valence-electron chi connectivity index (χ1n) is 11.1. The molecule has 0 bridgehead atoms. The molecule has 2 atom stereocenters. The second-order valence-electron chi connectivity index (χ2n) is 8.43. The van der Waals surface area contributed by atoms with Crippen molar-refractivity contribution in [2.45, 2.75) is 32.3 Å². The van der Waals surface area contributed by atoms with Crippen molar-refractivity contribution >= 4 is 34.1 Å². The number of nitrogen functional groups attached to an aromatic ring is 1. The number of carbonyl (C=O) groups excluding carboxylic acids is 1. The standard InChI is InChI=1S/C24H23FN6O3/c1-12-16(10-30-23-22(12)28-5-6-33-23)15-7-14-8-19(29-11-17(14)21(27)20(15)25)31-24(32)34-18-4-2-3-13(18)9-26/h7-8,10-11,13,18,28H,2-6,27H2,1H3,(H,29,31,32)/t13?,18-/m1/s1. The molecule has 10 heteroatoms. The number of pyridine rings is 2. The zero-order chi connectivity index (χ0) is 23.8. The summed E-state index contributed by atoms with van der Waals surface area (Å²) in [5.74, 6) is -0.151. The van der Waals surface area contributed by atoms with Gasteiger partial charge in [0.2, 0.25) is 5.88 Å². The number of nitrogens with zero attached hydrogens (tertiary/aromatic N) is 3. The third kappa shape index (κ3) is 3.79. The molecule has 5 rings (SSSR count). The Morgan fingerprint density at radius 2 is 2.18 bits per heavy atom. The van der Waals surface area contributed by atoms with Crippen LogP contribution in [0.25, 0.3) is 21.9 Å². The molecule has 34 heavy (non-hydrogen) atoms. The van der Waals surface area contributed by atoms with Gasteiger partial charge in [-0.15, -0.1) is 0 Å². The van der Waals surface area contributed by atoms with Crippen LogP contribution in [0.1, 0.15) is 24.8 Å². The number of benzene rings is 1. The first-order chi connectivity index (χ1) is 16.5. The molecule has 4 N–H and O–H groups in total. The highest BCUT2D eigenvalue weighted by molar-refractivity contribution is 5.99. The zero-order valence-electron chi connectivity index (χ0n) is 18.5. The van der Waals surface area contributed by atoms with Crippen LogP contribution >= 0.6 is 0 Å². The highest BCUT2D eigenvalue weighted by Gasteiger charge is 2.30. The van der Waals surface area contributed by atoms with Gasteiger partial charge in [0.05, 0.1) is 17.7 Å². The molecule has 1 aliphatic heterocycles. The molecule has 0 radical (unpaired) electrons. The second kappa shape index (κ2) is 8.67. The van der Waals surface area contributed by atoms with Crippen LogP contribution < -0.4 is 21.1 Å². The fourth-order valence-corrected chi connectivity index (χ4v) is 4.54. The van der Waals surface area contributed by atoms with Gasteiger partial charge in [0.25, 0.3) is 0 Å². The Kier molecular flexibility index (Phi) is 5.53. The van der Waals surface area contributed by atoms with Crippen LogP contribution in [0.2, 0.25) is 0 Å². The molecule has 1 fully saturated rings. The highest BCUT2D eigenvalue weighted by Crippen LogP contribution is 2.39. The van der Waals surface area contributed by atoms with E-state index in [1.165, 1.54) is 6.20 Å². The number of fused-ring (bicyclic) bond motifs is 2. The van der Waals surface area contributed by atoms with Crippen molar-refractivity contribution in [1.29, 1.82) is 5.26 Å². The topological polar surface area (TPSA) is 135 Å². The maximum atomic E-state index is 15.3. The Morgan fingerprint density at radius 3 is 3.00 bits per heavy atom. The molecule has 3 heterocycles. The maximum Gasteiger partial charge on any atom is 0.413 e. The van der Waals surface area contributed by atoms with Crippen molar-refractivity contribution in [1.82, 2.24) is 9.97 Å². The van der Waals surface area contributed by atoms with Gasteiger partial charge >= 0.3 is 6.09 Å². The molecule has 0 saturated heterocycles. The van der Waals surface area contributed by atoms with E-state index < -0.39 is 18.0 Å². The predicted octanol–water partition coefficient (Wildman–Crippen LogP) is 4.37. The van der Waals surface area contributed by atoms with Gasteiger partial charge in [-0.2, -0.15) is 5.26 Å². The van der Waals surface area contributed by atoms with Crippen LogP contribution in [0.15, 0.2) is 24.5 Å². The van der Waals surface area contributed by atoms with Gasteiger partial charge < -0.3 is 20.5 Å². The Labute approximate surface area is 195 Å². The maximum absolute atomic E-state index is 15.3. The normalized spacial score (nSPS) is 19.0. The number of amides is 1. The second-order valence-corrected chi connectivity index (χ2v) is 8.43. The van der Waals surface area contributed by atoms with Gasteiger partial charge in [0.1, 0.15) is 24.2 Å². The molecule has 174 valence electrons. The summed E-state index contributed by atoms with van der Waals surface area (Å²) in [4.78, 5) is 20.9. The first kappa shape index (κ1) is 21.7. The van der Waals surface area contributed by atoms with Crippen molar-refractivity contribution in [3.05, 3.63) is 35.9 Å². The van der Waals surface area contributed by atoms with Gasteiger partial charge in [-0.3, -0.25) is 5.32 Å². The average Bonchev–Trinajstić information content (AvgIpc) is 3.29. The summed E-state index contributed by atoms with van der Waals surface area (Å²) in [6, 6.07) is 5.44. The fraction of sp³-hybridized carbons (Fsp3) is 0.333. The number of aromatic nitrogens is 2. The fourth-order valence-electron chi connectivity index (χ4n) is 4.54. The number of hydrogen-bond donors (Lipinski definition) is 3. The van der Waals surface area contributed by atoms with Crippen molar-refractivity contribution in [2.75, 3.05) is 29.5 Å². The van der Waals surface area contributed by atoms with Crippen molar-refractivity contribution in [3.8, 4) is 23.1 Å². The number of ether oxygens (including phenoxy) is 2. The molecular weight excluding hydrogens is 439 g/mol. The largest absolute Gasteiger partial charge is 0.474 e. The number of anilines is 3. The Hall–Kier alpha value is -4.13. The van der Waals surface area contributed by atoms with Gasteiger partial charge in [-0.25, -0.2) is 19.2 Å². The van der Waals surface area contributed by atoms with Gasteiger partial charge in [0, 0.05) is 35.5 Å². The number of nitrogens with one attached hydrogen (secondary N) is 2. The number of nitriles is 1. The van der Waals surface area contributed by atoms with Crippen LogP contribution in [0.4, 0.5) is 26.4 Å². The lowest BCUT2D eigenvalue weighted by Gasteiger charge is -2.22. The molecule has 1 aliphatic carbocycles. The Balaban J connectivity index is 1.47. The molecular formula is C24H23FN6O3. The molecule has 2 aliphatic rings. The molecule has 1 aromatic carbocycles. The van der Waals surface area contributed by atoms with E-state index in [1.807, 2.05) is 6.92 Å². The smallest absolute Gasteiger partial charge is 0.413 e. The molecule has 0 spiro atoms. The number of halogens is 1. The van der Waals surface area contributed by atoms with E-state index >= 15 is 4.39 Å². The van der Waals surface area contributed by atoms with E-state index in [-0.39, 0.29) is 23.0 Å². The number of carbonyl (C=O) groups is 1. The Morgan fingerprint density at radius 1 is 1.32 bits per heavy atom. The van der Waals surface area contributed by atoms with E-state index in [0.717, 1.165) is 24.1 Å². The third-order valence-corrected chi connectivity index (χ3v) is 6.34. The van der Waals surface area contributed by atoms with Crippen LogP contribution in [-0.4, -0.2) is 35.3 Å². The third-order valence-electron chi connectivity index (χ3n) is 6.34. The average molecular weight is 462 g/mol.